The standard InChI is InChI=1S/C21H16F3N5O5S/c22-21(23,24)4-15(31)29-6-10-13(7-29)35-20-16(10)18(32)27-17(28-20)19(33)25-5-9-1-2-12-11(3-9)26-14(30)8-34-12/h1-3H,4-8H2,(H,25,33)(H,26,30)(H,27,28,32). The van der Waals surface area contributed by atoms with Gasteiger partial charge in [0.2, 0.25) is 11.7 Å². The predicted molar refractivity (Wildman–Crippen MR) is 117 cm³/mol. The van der Waals surface area contributed by atoms with Crippen molar-refractivity contribution in [2.24, 2.45) is 0 Å². The molecule has 14 heteroatoms. The molecule has 0 bridgehead atoms. The Hall–Kier alpha value is -3.94. The third-order valence-corrected chi connectivity index (χ3v) is 6.59. The molecule has 35 heavy (non-hydrogen) atoms. The highest BCUT2D eigenvalue weighted by molar-refractivity contribution is 7.18. The summed E-state index contributed by atoms with van der Waals surface area (Å²) in [6, 6.07) is 5.03. The summed E-state index contributed by atoms with van der Waals surface area (Å²) >= 11 is 1.06. The Labute approximate surface area is 198 Å². The van der Waals surface area contributed by atoms with E-state index in [4.69, 9.17) is 4.74 Å². The topological polar surface area (TPSA) is 133 Å². The number of nitrogens with one attached hydrogen (secondary N) is 3. The quantitative estimate of drug-likeness (QED) is 0.495. The van der Waals surface area contributed by atoms with E-state index in [1.807, 2.05) is 0 Å². The van der Waals surface area contributed by atoms with Crippen LogP contribution in [0.25, 0.3) is 10.2 Å². The number of fused-ring (bicyclic) bond motifs is 4. The Bertz CT molecular complexity index is 1450. The molecule has 5 rings (SSSR count). The Morgan fingerprint density at radius 2 is 2.03 bits per heavy atom. The van der Waals surface area contributed by atoms with Crippen LogP contribution >= 0.6 is 11.3 Å². The molecule has 0 spiro atoms. The van der Waals surface area contributed by atoms with E-state index in [0.717, 1.165) is 16.2 Å². The van der Waals surface area contributed by atoms with Crippen molar-refractivity contribution in [1.82, 2.24) is 20.2 Å². The summed E-state index contributed by atoms with van der Waals surface area (Å²) < 4.78 is 42.9. The summed E-state index contributed by atoms with van der Waals surface area (Å²) in [5, 5.41) is 5.47. The molecule has 0 radical (unpaired) electrons. The third-order valence-electron chi connectivity index (χ3n) is 5.48. The molecule has 1 aromatic carbocycles. The van der Waals surface area contributed by atoms with E-state index in [-0.39, 0.29) is 48.2 Å². The van der Waals surface area contributed by atoms with Crippen LogP contribution in [-0.2, 0) is 29.2 Å². The van der Waals surface area contributed by atoms with Gasteiger partial charge in [-0.3, -0.25) is 19.2 Å². The molecule has 0 saturated heterocycles. The van der Waals surface area contributed by atoms with Crippen LogP contribution in [0, 0.1) is 0 Å². The van der Waals surface area contributed by atoms with Crippen LogP contribution in [0.5, 0.6) is 5.75 Å². The van der Waals surface area contributed by atoms with Gasteiger partial charge in [0, 0.05) is 23.5 Å². The van der Waals surface area contributed by atoms with E-state index in [1.54, 1.807) is 18.2 Å². The van der Waals surface area contributed by atoms with Gasteiger partial charge < -0.3 is 25.3 Å². The minimum atomic E-state index is -4.61. The number of aromatic amines is 1. The van der Waals surface area contributed by atoms with Gasteiger partial charge in [-0.15, -0.1) is 11.3 Å². The van der Waals surface area contributed by atoms with Crippen molar-refractivity contribution >= 4 is 45.0 Å². The second kappa shape index (κ2) is 8.37. The first-order valence-electron chi connectivity index (χ1n) is 10.3. The van der Waals surface area contributed by atoms with Crippen molar-refractivity contribution in [2.75, 3.05) is 11.9 Å². The molecule has 0 unspecified atom stereocenters. The second-order valence-electron chi connectivity index (χ2n) is 7.99. The summed E-state index contributed by atoms with van der Waals surface area (Å²) in [4.78, 5) is 57.2. The number of thiophene rings is 1. The maximum absolute atomic E-state index is 12.7. The van der Waals surface area contributed by atoms with Crippen molar-refractivity contribution < 1.29 is 32.3 Å². The smallest absolute Gasteiger partial charge is 0.397 e. The monoisotopic (exact) mass is 507 g/mol. The molecule has 3 aromatic rings. The Morgan fingerprint density at radius 1 is 1.23 bits per heavy atom. The molecule has 3 N–H and O–H groups in total. The van der Waals surface area contributed by atoms with Crippen LogP contribution < -0.4 is 20.9 Å². The zero-order valence-corrected chi connectivity index (χ0v) is 18.6. The summed E-state index contributed by atoms with van der Waals surface area (Å²) in [7, 11) is 0. The summed E-state index contributed by atoms with van der Waals surface area (Å²) in [5.41, 5.74) is 0.984. The Morgan fingerprint density at radius 3 is 2.80 bits per heavy atom. The van der Waals surface area contributed by atoms with Crippen molar-refractivity contribution in [1.29, 1.82) is 0 Å². The van der Waals surface area contributed by atoms with E-state index in [0.29, 0.717) is 27.4 Å². The lowest BCUT2D eigenvalue weighted by atomic mass is 10.1. The van der Waals surface area contributed by atoms with Crippen LogP contribution in [0.1, 0.15) is 33.0 Å². The predicted octanol–water partition coefficient (Wildman–Crippen LogP) is 2.04. The molecule has 0 fully saturated rings. The molecule has 3 amide bonds. The van der Waals surface area contributed by atoms with Crippen LogP contribution in [0.2, 0.25) is 0 Å². The fraction of sp³-hybridized carbons (Fsp3) is 0.286. The zero-order valence-electron chi connectivity index (χ0n) is 17.7. The number of carbonyl (C=O) groups is 3. The molecular formula is C21H16F3N5O5S. The average molecular weight is 507 g/mol. The molecular weight excluding hydrogens is 491 g/mol. The number of rotatable bonds is 4. The van der Waals surface area contributed by atoms with E-state index < -0.39 is 30.0 Å². The molecule has 10 nitrogen and oxygen atoms in total. The minimum absolute atomic E-state index is 0.0508. The van der Waals surface area contributed by atoms with Gasteiger partial charge in [-0.05, 0) is 17.7 Å². The highest BCUT2D eigenvalue weighted by Gasteiger charge is 2.36. The first kappa shape index (κ1) is 22.8. The van der Waals surface area contributed by atoms with Gasteiger partial charge in [-0.2, -0.15) is 13.2 Å². The Kier molecular flexibility index (Phi) is 5.46. The first-order valence-corrected chi connectivity index (χ1v) is 11.1. The van der Waals surface area contributed by atoms with Gasteiger partial charge in [0.05, 0.1) is 17.6 Å². The van der Waals surface area contributed by atoms with Crippen LogP contribution in [-0.4, -0.2) is 45.4 Å². The number of hydrogen-bond acceptors (Lipinski definition) is 7. The van der Waals surface area contributed by atoms with Gasteiger partial charge in [0.1, 0.15) is 17.0 Å². The zero-order chi connectivity index (χ0) is 24.9. The lowest BCUT2D eigenvalue weighted by molar-refractivity contribution is -0.161. The van der Waals surface area contributed by atoms with E-state index in [9.17, 15) is 32.3 Å². The molecule has 2 aliphatic heterocycles. The molecule has 4 heterocycles. The lowest BCUT2D eigenvalue weighted by Gasteiger charge is -2.18. The summed E-state index contributed by atoms with van der Waals surface area (Å²) in [6.45, 7) is -0.163. The third kappa shape index (κ3) is 4.56. The van der Waals surface area contributed by atoms with Gasteiger partial charge in [0.25, 0.3) is 17.4 Å². The fourth-order valence-electron chi connectivity index (χ4n) is 3.90. The number of alkyl halides is 3. The maximum atomic E-state index is 12.7. The summed E-state index contributed by atoms with van der Waals surface area (Å²) in [5.74, 6) is -1.70. The van der Waals surface area contributed by atoms with E-state index >= 15 is 0 Å². The van der Waals surface area contributed by atoms with E-state index in [2.05, 4.69) is 20.6 Å². The highest BCUT2D eigenvalue weighted by atomic mass is 32.1. The first-order chi connectivity index (χ1) is 16.6. The van der Waals surface area contributed by atoms with Crippen molar-refractivity contribution in [3.05, 3.63) is 50.4 Å². The van der Waals surface area contributed by atoms with Gasteiger partial charge in [-0.1, -0.05) is 6.07 Å². The van der Waals surface area contributed by atoms with Crippen LogP contribution in [0.3, 0.4) is 0 Å². The number of H-pyrrole nitrogens is 1. The van der Waals surface area contributed by atoms with Crippen molar-refractivity contribution in [3.8, 4) is 5.75 Å². The SMILES string of the molecule is O=C1COc2ccc(CNC(=O)c3nc4sc5c(c4c(=O)[nH]3)CN(C(=O)CC(F)(F)F)C5)cc2N1. The van der Waals surface area contributed by atoms with Gasteiger partial charge >= 0.3 is 6.18 Å². The number of hydrogen-bond donors (Lipinski definition) is 3. The average Bonchev–Trinajstić information content (AvgIpc) is 3.33. The summed E-state index contributed by atoms with van der Waals surface area (Å²) in [6.07, 6.45) is -6.18. The molecule has 0 aliphatic carbocycles. The van der Waals surface area contributed by atoms with Gasteiger partial charge in [0.15, 0.2) is 6.61 Å². The number of carbonyl (C=O) groups excluding carboxylic acids is 3. The molecule has 2 aliphatic rings. The van der Waals surface area contributed by atoms with Gasteiger partial charge in [-0.25, -0.2) is 4.98 Å². The second-order valence-corrected chi connectivity index (χ2v) is 9.07. The normalized spacial score (nSPS) is 14.8. The fourth-order valence-corrected chi connectivity index (χ4v) is 5.10. The number of amides is 3. The molecule has 0 saturated carbocycles. The number of halogens is 3. The largest absolute Gasteiger partial charge is 0.482 e. The Balaban J connectivity index is 1.30. The molecule has 0 atom stereocenters. The van der Waals surface area contributed by atoms with E-state index in [1.165, 1.54) is 0 Å². The number of anilines is 1. The number of aromatic nitrogens is 2. The number of nitrogens with zero attached hydrogens (tertiary/aromatic N) is 2. The number of benzene rings is 1. The van der Waals surface area contributed by atoms with Crippen LogP contribution in [0.15, 0.2) is 23.0 Å². The van der Waals surface area contributed by atoms with Crippen LogP contribution in [0.4, 0.5) is 18.9 Å². The molecule has 2 aromatic heterocycles. The lowest BCUT2D eigenvalue weighted by Crippen LogP contribution is -2.30. The highest BCUT2D eigenvalue weighted by Crippen LogP contribution is 2.36. The number of ether oxygens (including phenoxy) is 1. The van der Waals surface area contributed by atoms with Crippen molar-refractivity contribution in [3.63, 3.8) is 0 Å². The van der Waals surface area contributed by atoms with Crippen molar-refractivity contribution in [2.45, 2.75) is 32.2 Å². The molecule has 182 valence electrons. The minimum Gasteiger partial charge on any atom is -0.482 e. The maximum Gasteiger partial charge on any atom is 0.397 e.